The molecule has 0 saturated heterocycles. The van der Waals surface area contributed by atoms with Gasteiger partial charge < -0.3 is 14.6 Å². The van der Waals surface area contributed by atoms with Gasteiger partial charge in [-0.05, 0) is 31.2 Å². The molecular formula is C24H20O4. The van der Waals surface area contributed by atoms with Gasteiger partial charge in [0.2, 0.25) is 0 Å². The van der Waals surface area contributed by atoms with E-state index in [1.165, 1.54) is 6.92 Å². The first-order valence-electron chi connectivity index (χ1n) is 9.04. The van der Waals surface area contributed by atoms with Crippen LogP contribution in [-0.2, 0) is 4.79 Å². The van der Waals surface area contributed by atoms with Gasteiger partial charge in [-0.25, -0.2) is 0 Å². The molecule has 0 aromatic heterocycles. The van der Waals surface area contributed by atoms with Gasteiger partial charge >= 0.3 is 0 Å². The normalized spacial score (nSPS) is 15.6. The van der Waals surface area contributed by atoms with E-state index in [1.807, 2.05) is 60.7 Å². The highest BCUT2D eigenvalue weighted by atomic mass is 16.5. The Balaban J connectivity index is 2.00. The maximum Gasteiger partial charge on any atom is 0.160 e. The fourth-order valence-electron chi connectivity index (χ4n) is 3.64. The molecule has 0 bridgehead atoms. The molecule has 3 aromatic carbocycles. The fraction of sp³-hybridized carbons (Fsp3) is 0.125. The summed E-state index contributed by atoms with van der Waals surface area (Å²) in [5.41, 5.74) is 2.54. The van der Waals surface area contributed by atoms with Crippen molar-refractivity contribution in [1.82, 2.24) is 0 Å². The van der Waals surface area contributed by atoms with Crippen LogP contribution in [0.25, 0.3) is 5.76 Å². The molecule has 0 spiro atoms. The average Bonchev–Trinajstić information content (AvgIpc) is 2.73. The molecule has 0 saturated carbocycles. The Morgan fingerprint density at radius 3 is 2.32 bits per heavy atom. The molecule has 3 aromatic rings. The molecule has 0 fully saturated rings. The van der Waals surface area contributed by atoms with Crippen molar-refractivity contribution < 1.29 is 19.4 Å². The van der Waals surface area contributed by atoms with Crippen LogP contribution in [0.15, 0.2) is 78.4 Å². The summed E-state index contributed by atoms with van der Waals surface area (Å²) in [5, 5.41) is 11.1. The van der Waals surface area contributed by atoms with Crippen LogP contribution in [-0.4, -0.2) is 18.0 Å². The van der Waals surface area contributed by atoms with Crippen molar-refractivity contribution in [2.45, 2.75) is 12.8 Å². The largest absolute Gasteiger partial charge is 0.507 e. The van der Waals surface area contributed by atoms with Crippen LogP contribution >= 0.6 is 0 Å². The molecule has 28 heavy (non-hydrogen) atoms. The third-order valence-electron chi connectivity index (χ3n) is 4.95. The van der Waals surface area contributed by atoms with E-state index in [0.717, 1.165) is 11.1 Å². The van der Waals surface area contributed by atoms with Crippen LogP contribution in [0.2, 0.25) is 0 Å². The van der Waals surface area contributed by atoms with Gasteiger partial charge in [-0.2, -0.15) is 0 Å². The lowest BCUT2D eigenvalue weighted by molar-refractivity contribution is -0.113. The number of carbonyl (C=O) groups excluding carboxylic acids is 1. The highest BCUT2D eigenvalue weighted by Crippen LogP contribution is 2.49. The quantitative estimate of drug-likeness (QED) is 0.486. The molecule has 0 aliphatic carbocycles. The van der Waals surface area contributed by atoms with Crippen molar-refractivity contribution in [1.29, 1.82) is 0 Å². The minimum absolute atomic E-state index is 0.0245. The molecule has 4 nitrogen and oxygen atoms in total. The van der Waals surface area contributed by atoms with Crippen molar-refractivity contribution in [3.63, 3.8) is 0 Å². The topological polar surface area (TPSA) is 55.8 Å². The van der Waals surface area contributed by atoms with E-state index in [0.29, 0.717) is 28.4 Å². The maximum atomic E-state index is 12.7. The van der Waals surface area contributed by atoms with Gasteiger partial charge in [0.25, 0.3) is 0 Å². The Morgan fingerprint density at radius 1 is 0.929 bits per heavy atom. The lowest BCUT2D eigenvalue weighted by Crippen LogP contribution is -2.18. The van der Waals surface area contributed by atoms with Crippen molar-refractivity contribution in [2.75, 3.05) is 7.11 Å². The first kappa shape index (κ1) is 17.9. The Kier molecular flexibility index (Phi) is 4.62. The van der Waals surface area contributed by atoms with Crippen LogP contribution in [0.1, 0.15) is 29.5 Å². The van der Waals surface area contributed by atoms with Crippen LogP contribution in [0, 0.1) is 0 Å². The monoisotopic (exact) mass is 372 g/mol. The molecule has 1 atom stereocenters. The second-order valence-corrected chi connectivity index (χ2v) is 6.66. The molecule has 1 unspecified atom stereocenters. The Morgan fingerprint density at radius 2 is 1.61 bits per heavy atom. The number of methoxy groups -OCH3 is 1. The van der Waals surface area contributed by atoms with Crippen LogP contribution < -0.4 is 9.47 Å². The SMILES string of the molecule is COc1ccc2c(c1)C(C(C(C)=O)=C(O)c1ccccc1)c1ccccc1O2. The number of aliphatic hydroxyl groups is 1. The zero-order chi connectivity index (χ0) is 19.7. The molecule has 1 aliphatic heterocycles. The number of ether oxygens (including phenoxy) is 2. The summed E-state index contributed by atoms with van der Waals surface area (Å²) < 4.78 is 11.4. The summed E-state index contributed by atoms with van der Waals surface area (Å²) in [6.07, 6.45) is 0. The van der Waals surface area contributed by atoms with Gasteiger partial charge in [0.15, 0.2) is 5.78 Å². The highest BCUT2D eigenvalue weighted by Gasteiger charge is 2.34. The van der Waals surface area contributed by atoms with Gasteiger partial charge in [0.1, 0.15) is 23.0 Å². The van der Waals surface area contributed by atoms with Crippen molar-refractivity contribution in [3.05, 3.63) is 95.1 Å². The summed E-state index contributed by atoms with van der Waals surface area (Å²) in [4.78, 5) is 12.7. The number of aliphatic hydroxyl groups excluding tert-OH is 1. The van der Waals surface area contributed by atoms with Gasteiger partial charge in [0, 0.05) is 28.2 Å². The fourth-order valence-corrected chi connectivity index (χ4v) is 3.64. The number of benzene rings is 3. The van der Waals surface area contributed by atoms with E-state index < -0.39 is 5.92 Å². The first-order chi connectivity index (χ1) is 13.6. The van der Waals surface area contributed by atoms with E-state index in [4.69, 9.17) is 9.47 Å². The van der Waals surface area contributed by atoms with Crippen LogP contribution in [0.3, 0.4) is 0 Å². The molecule has 4 heteroatoms. The predicted molar refractivity (Wildman–Crippen MR) is 108 cm³/mol. The van der Waals surface area contributed by atoms with Crippen molar-refractivity contribution in [2.24, 2.45) is 0 Å². The summed E-state index contributed by atoms with van der Waals surface area (Å²) in [6.45, 7) is 1.48. The number of rotatable bonds is 4. The van der Waals surface area contributed by atoms with Gasteiger partial charge in [-0.3, -0.25) is 4.79 Å². The zero-order valence-corrected chi connectivity index (χ0v) is 15.7. The molecule has 1 heterocycles. The summed E-state index contributed by atoms with van der Waals surface area (Å²) >= 11 is 0. The van der Waals surface area contributed by atoms with Crippen LogP contribution in [0.4, 0.5) is 0 Å². The van der Waals surface area contributed by atoms with E-state index in [2.05, 4.69) is 0 Å². The highest BCUT2D eigenvalue weighted by molar-refractivity contribution is 6.02. The summed E-state index contributed by atoms with van der Waals surface area (Å²) in [7, 11) is 1.59. The summed E-state index contributed by atoms with van der Waals surface area (Å²) in [6, 6.07) is 22.2. The number of carbonyl (C=O) groups is 1. The van der Waals surface area contributed by atoms with Gasteiger partial charge in [0.05, 0.1) is 7.11 Å². The molecule has 140 valence electrons. The third-order valence-corrected chi connectivity index (χ3v) is 4.95. The lowest BCUT2D eigenvalue weighted by Gasteiger charge is -2.30. The van der Waals surface area contributed by atoms with E-state index in [9.17, 15) is 9.90 Å². The summed E-state index contributed by atoms with van der Waals surface area (Å²) in [5.74, 6) is 1.29. The van der Waals surface area contributed by atoms with Gasteiger partial charge in [-0.15, -0.1) is 0 Å². The van der Waals surface area contributed by atoms with E-state index in [1.54, 1.807) is 19.2 Å². The minimum atomic E-state index is -0.465. The molecule has 1 N–H and O–H groups in total. The van der Waals surface area contributed by atoms with Crippen LogP contribution in [0.5, 0.6) is 17.2 Å². The second-order valence-electron chi connectivity index (χ2n) is 6.66. The number of allylic oxidation sites excluding steroid dienone is 1. The van der Waals surface area contributed by atoms with Crippen molar-refractivity contribution in [3.8, 4) is 17.2 Å². The minimum Gasteiger partial charge on any atom is -0.507 e. The Bertz CT molecular complexity index is 1070. The number of Topliss-reactive ketones (excluding diaryl/α,β-unsaturated/α-hetero) is 1. The zero-order valence-electron chi connectivity index (χ0n) is 15.7. The van der Waals surface area contributed by atoms with E-state index in [-0.39, 0.29) is 11.5 Å². The molecular weight excluding hydrogens is 352 g/mol. The first-order valence-corrected chi connectivity index (χ1v) is 9.04. The number of para-hydroxylation sites is 1. The Labute approximate surface area is 163 Å². The number of ketones is 1. The van der Waals surface area contributed by atoms with Crippen molar-refractivity contribution >= 4 is 11.5 Å². The molecule has 0 radical (unpaired) electrons. The predicted octanol–water partition coefficient (Wildman–Crippen LogP) is 5.49. The lowest BCUT2D eigenvalue weighted by atomic mass is 9.79. The molecule has 0 amide bonds. The molecule has 4 rings (SSSR count). The average molecular weight is 372 g/mol. The Hall–Kier alpha value is -3.53. The second kappa shape index (κ2) is 7.24. The third kappa shape index (κ3) is 3.03. The van der Waals surface area contributed by atoms with Gasteiger partial charge in [-0.1, -0.05) is 48.5 Å². The molecule has 1 aliphatic rings. The van der Waals surface area contributed by atoms with E-state index >= 15 is 0 Å². The number of hydrogen-bond donors (Lipinski definition) is 1. The number of hydrogen-bond acceptors (Lipinski definition) is 4. The standard InChI is InChI=1S/C24H20O4/c1-15(25)22(24(26)16-8-4-3-5-9-16)23-18-10-6-7-11-20(18)28-21-13-12-17(27-2)14-19(21)23/h3-14,23,26H,1-2H3. The number of fused-ring (bicyclic) bond motifs is 2. The smallest absolute Gasteiger partial charge is 0.160 e. The maximum absolute atomic E-state index is 12.7.